The summed E-state index contributed by atoms with van der Waals surface area (Å²) in [5.74, 6) is 1.58. The number of allylic oxidation sites excluding steroid dienone is 1. The lowest BCUT2D eigenvalue weighted by atomic mass is 10.0. The van der Waals surface area contributed by atoms with Crippen LogP contribution in [0.15, 0.2) is 47.1 Å². The third-order valence-corrected chi connectivity index (χ3v) is 5.94. The molecule has 3 aromatic rings. The number of ketones is 1. The molecule has 174 valence electrons. The summed E-state index contributed by atoms with van der Waals surface area (Å²) < 4.78 is 28.6. The van der Waals surface area contributed by atoms with Crippen molar-refractivity contribution in [2.24, 2.45) is 0 Å². The van der Waals surface area contributed by atoms with Crippen molar-refractivity contribution in [1.29, 1.82) is 0 Å². The van der Waals surface area contributed by atoms with Gasteiger partial charge in [0.05, 0.1) is 33.0 Å². The monoisotopic (exact) mass is 451 g/mol. The molecule has 33 heavy (non-hydrogen) atoms. The Labute approximate surface area is 193 Å². The Bertz CT molecular complexity index is 1140. The Morgan fingerprint density at radius 1 is 1.06 bits per heavy atom. The summed E-state index contributed by atoms with van der Waals surface area (Å²) in [5, 5.41) is 4.10. The highest BCUT2D eigenvalue weighted by atomic mass is 16.5. The van der Waals surface area contributed by atoms with E-state index in [2.05, 4.69) is 5.32 Å². The summed E-state index contributed by atoms with van der Waals surface area (Å²) >= 11 is 0. The van der Waals surface area contributed by atoms with Gasteiger partial charge in [0.2, 0.25) is 5.75 Å². The molecule has 1 fully saturated rings. The van der Waals surface area contributed by atoms with Crippen LogP contribution in [0, 0.1) is 0 Å². The maximum atomic E-state index is 13.5. The molecule has 1 aromatic heterocycles. The molecule has 0 radical (unpaired) electrons. The van der Waals surface area contributed by atoms with Gasteiger partial charge in [0.1, 0.15) is 23.2 Å². The first-order valence-corrected chi connectivity index (χ1v) is 11.0. The van der Waals surface area contributed by atoms with Crippen LogP contribution in [0.2, 0.25) is 0 Å². The predicted octanol–water partition coefficient (Wildman–Crippen LogP) is 4.87. The molecule has 4 rings (SSSR count). The van der Waals surface area contributed by atoms with Gasteiger partial charge >= 0.3 is 0 Å². The van der Waals surface area contributed by atoms with Crippen molar-refractivity contribution in [2.75, 3.05) is 27.9 Å². The molecule has 2 heterocycles. The molecular weight excluding hydrogens is 422 g/mol. The normalized spacial score (nSPS) is 16.8. The smallest absolute Gasteiger partial charge is 0.205 e. The Hall–Kier alpha value is -3.45. The van der Waals surface area contributed by atoms with E-state index in [0.29, 0.717) is 33.8 Å². The van der Waals surface area contributed by atoms with Gasteiger partial charge in [0.25, 0.3) is 0 Å². The van der Waals surface area contributed by atoms with Crippen molar-refractivity contribution in [3.05, 3.63) is 53.8 Å². The first-order valence-electron chi connectivity index (χ1n) is 11.0. The zero-order valence-corrected chi connectivity index (χ0v) is 19.3. The van der Waals surface area contributed by atoms with Crippen molar-refractivity contribution in [3.8, 4) is 23.0 Å². The molecule has 1 N–H and O–H groups in total. The van der Waals surface area contributed by atoms with Crippen molar-refractivity contribution < 1.29 is 28.2 Å². The maximum absolute atomic E-state index is 13.5. The van der Waals surface area contributed by atoms with Crippen LogP contribution >= 0.6 is 0 Å². The molecule has 2 unspecified atom stereocenters. The number of ether oxygens (including phenoxy) is 4. The van der Waals surface area contributed by atoms with Crippen LogP contribution in [0.1, 0.15) is 35.7 Å². The second-order valence-corrected chi connectivity index (χ2v) is 7.93. The van der Waals surface area contributed by atoms with E-state index in [1.807, 2.05) is 31.2 Å². The number of carbonyl (C=O) groups is 1. The summed E-state index contributed by atoms with van der Waals surface area (Å²) in [4.78, 5) is 13.5. The number of hydrogen-bond donors (Lipinski definition) is 1. The fraction of sp³-hybridized carbons (Fsp3) is 0.346. The number of furan rings is 1. The maximum Gasteiger partial charge on any atom is 0.205 e. The summed E-state index contributed by atoms with van der Waals surface area (Å²) in [5.41, 5.74) is 1.65. The first-order chi connectivity index (χ1) is 16.1. The van der Waals surface area contributed by atoms with E-state index < -0.39 is 0 Å². The van der Waals surface area contributed by atoms with E-state index in [9.17, 15) is 4.79 Å². The number of methoxy groups -OCH3 is 3. The molecule has 0 amide bonds. The largest absolute Gasteiger partial charge is 0.497 e. The van der Waals surface area contributed by atoms with Gasteiger partial charge in [0.15, 0.2) is 17.1 Å². The Morgan fingerprint density at radius 2 is 1.82 bits per heavy atom. The first kappa shape index (κ1) is 22.7. The van der Waals surface area contributed by atoms with E-state index in [1.54, 1.807) is 25.5 Å². The fourth-order valence-corrected chi connectivity index (χ4v) is 4.20. The van der Waals surface area contributed by atoms with Crippen LogP contribution in [-0.2, 0) is 0 Å². The molecule has 0 saturated carbocycles. The van der Waals surface area contributed by atoms with Gasteiger partial charge in [-0.2, -0.15) is 0 Å². The molecule has 1 aliphatic heterocycles. The van der Waals surface area contributed by atoms with E-state index >= 15 is 0 Å². The molecule has 2 atom stereocenters. The van der Waals surface area contributed by atoms with Crippen LogP contribution in [0.25, 0.3) is 17.0 Å². The zero-order chi connectivity index (χ0) is 23.4. The quantitative estimate of drug-likeness (QED) is 0.367. The molecular formula is C26H29NO6. The Morgan fingerprint density at radius 3 is 2.45 bits per heavy atom. The number of nitrogens with one attached hydrogen (secondary N) is 1. The lowest BCUT2D eigenvalue weighted by molar-refractivity contribution is 0.103. The van der Waals surface area contributed by atoms with Crippen LogP contribution in [0.3, 0.4) is 0 Å². The summed E-state index contributed by atoms with van der Waals surface area (Å²) in [7, 11) is 4.68. The minimum atomic E-state index is -0.259. The average Bonchev–Trinajstić information content (AvgIpc) is 3.54. The molecule has 1 saturated heterocycles. The molecule has 0 spiro atoms. The van der Waals surface area contributed by atoms with Crippen molar-refractivity contribution in [2.45, 2.75) is 31.9 Å². The highest BCUT2D eigenvalue weighted by molar-refractivity contribution is 6.15. The molecule has 0 bridgehead atoms. The highest BCUT2D eigenvalue weighted by Gasteiger charge is 2.31. The van der Waals surface area contributed by atoms with Gasteiger partial charge in [-0.3, -0.25) is 4.79 Å². The molecule has 2 aromatic carbocycles. The number of fused-ring (bicyclic) bond motifs is 1. The van der Waals surface area contributed by atoms with Gasteiger partial charge in [-0.25, -0.2) is 0 Å². The third-order valence-electron chi connectivity index (χ3n) is 5.94. The number of benzene rings is 2. The van der Waals surface area contributed by atoms with Gasteiger partial charge in [0, 0.05) is 6.04 Å². The van der Waals surface area contributed by atoms with E-state index in [4.69, 9.17) is 23.4 Å². The number of hydrogen-bond acceptors (Lipinski definition) is 7. The van der Waals surface area contributed by atoms with Crippen LogP contribution in [0.5, 0.6) is 23.0 Å². The Balaban J connectivity index is 1.78. The minimum absolute atomic E-state index is 0.185. The van der Waals surface area contributed by atoms with Gasteiger partial charge < -0.3 is 28.7 Å². The SMILES string of the molecule is COc1ccc(/C=C/C(=O)c2c(OC(C)C3CCCN3)c(OC)c3occc3c2OC)cc1. The summed E-state index contributed by atoms with van der Waals surface area (Å²) in [6.07, 6.45) is 6.71. The van der Waals surface area contributed by atoms with Crippen LogP contribution in [-0.4, -0.2) is 45.8 Å². The average molecular weight is 452 g/mol. The fourth-order valence-electron chi connectivity index (χ4n) is 4.20. The van der Waals surface area contributed by atoms with E-state index in [0.717, 1.165) is 30.7 Å². The predicted molar refractivity (Wildman–Crippen MR) is 127 cm³/mol. The lowest BCUT2D eigenvalue weighted by Gasteiger charge is -2.24. The second kappa shape index (κ2) is 10.0. The molecule has 1 aliphatic rings. The summed E-state index contributed by atoms with van der Waals surface area (Å²) in [6, 6.07) is 9.39. The summed E-state index contributed by atoms with van der Waals surface area (Å²) in [6.45, 7) is 2.94. The lowest BCUT2D eigenvalue weighted by Crippen LogP contribution is -2.37. The van der Waals surface area contributed by atoms with Crippen LogP contribution in [0.4, 0.5) is 0 Å². The van der Waals surface area contributed by atoms with E-state index in [-0.39, 0.29) is 17.9 Å². The molecule has 0 aliphatic carbocycles. The van der Waals surface area contributed by atoms with Gasteiger partial charge in [-0.15, -0.1) is 0 Å². The van der Waals surface area contributed by atoms with Gasteiger partial charge in [-0.05, 0) is 56.1 Å². The van der Waals surface area contributed by atoms with Crippen LogP contribution < -0.4 is 24.3 Å². The number of carbonyl (C=O) groups excluding carboxylic acids is 1. The Kier molecular flexibility index (Phi) is 6.89. The van der Waals surface area contributed by atoms with E-state index in [1.165, 1.54) is 20.3 Å². The third kappa shape index (κ3) is 4.54. The molecule has 7 heteroatoms. The zero-order valence-electron chi connectivity index (χ0n) is 19.3. The number of rotatable bonds is 9. The topological polar surface area (TPSA) is 79.2 Å². The van der Waals surface area contributed by atoms with Gasteiger partial charge in [-0.1, -0.05) is 18.2 Å². The van der Waals surface area contributed by atoms with Crippen molar-refractivity contribution >= 4 is 22.8 Å². The minimum Gasteiger partial charge on any atom is -0.497 e. The standard InChI is InChI=1S/C26H29NO6/c1-16(20-6-5-14-27-20)33-25-22(21(28)12-9-17-7-10-18(29-2)11-8-17)23(30-3)19-13-15-32-24(19)26(25)31-4/h7-13,15-16,20,27H,5-6,14H2,1-4H3/b12-9+. The second-order valence-electron chi connectivity index (χ2n) is 7.93. The molecule has 7 nitrogen and oxygen atoms in total. The van der Waals surface area contributed by atoms with Crippen molar-refractivity contribution in [1.82, 2.24) is 5.32 Å². The van der Waals surface area contributed by atoms with Crippen molar-refractivity contribution in [3.63, 3.8) is 0 Å². The highest BCUT2D eigenvalue weighted by Crippen LogP contribution is 2.47.